The first-order chi connectivity index (χ1) is 17.4. The molecule has 13 heteroatoms. The van der Waals surface area contributed by atoms with E-state index in [0.29, 0.717) is 13.3 Å². The van der Waals surface area contributed by atoms with Crippen LogP contribution in [0.2, 0.25) is 0 Å². The molecule has 1 aliphatic heterocycles. The maximum absolute atomic E-state index is 14.5. The summed E-state index contributed by atoms with van der Waals surface area (Å²) in [7, 11) is -4.10. The minimum Gasteiger partial charge on any atom is -0.351 e. The topological polar surface area (TPSA) is 92.3 Å². The molecule has 2 aromatic carbocycles. The molecule has 0 spiro atoms. The van der Waals surface area contributed by atoms with Crippen LogP contribution >= 0.6 is 0 Å². The van der Waals surface area contributed by atoms with Gasteiger partial charge in [0.2, 0.25) is 15.9 Å². The highest BCUT2D eigenvalue weighted by atomic mass is 32.2. The molecule has 0 saturated carbocycles. The van der Waals surface area contributed by atoms with E-state index in [-0.39, 0.29) is 34.6 Å². The lowest BCUT2D eigenvalue weighted by Crippen LogP contribution is -2.45. The van der Waals surface area contributed by atoms with E-state index in [1.807, 2.05) is 0 Å². The van der Waals surface area contributed by atoms with Crippen LogP contribution in [0.1, 0.15) is 31.2 Å². The highest BCUT2D eigenvalue weighted by molar-refractivity contribution is 7.89. The number of benzene rings is 2. The smallest absolute Gasteiger partial charge is 0.303 e. The van der Waals surface area contributed by atoms with Crippen LogP contribution in [-0.2, 0) is 27.3 Å². The van der Waals surface area contributed by atoms with E-state index < -0.39 is 57.7 Å². The monoisotopic (exact) mass is 540 g/mol. The predicted molar refractivity (Wildman–Crippen MR) is 122 cm³/mol. The number of hydrogen-bond acceptors (Lipinski definition) is 5. The van der Waals surface area contributed by atoms with Crippen molar-refractivity contribution in [2.75, 3.05) is 6.54 Å². The van der Waals surface area contributed by atoms with Crippen molar-refractivity contribution in [1.82, 2.24) is 19.6 Å². The van der Waals surface area contributed by atoms with Crippen LogP contribution in [0.4, 0.5) is 22.0 Å². The highest BCUT2D eigenvalue weighted by Crippen LogP contribution is 2.28. The van der Waals surface area contributed by atoms with Crippen LogP contribution in [0.3, 0.4) is 0 Å². The van der Waals surface area contributed by atoms with Gasteiger partial charge in [0.25, 0.3) is 0 Å². The fourth-order valence-electron chi connectivity index (χ4n) is 3.98. The molecule has 0 bridgehead atoms. The average Bonchev–Trinajstić information content (AvgIpc) is 3.36. The van der Waals surface area contributed by atoms with Crippen LogP contribution < -0.4 is 5.32 Å². The molecule has 2 heterocycles. The molecule has 0 aliphatic carbocycles. The van der Waals surface area contributed by atoms with Gasteiger partial charge in [-0.1, -0.05) is 0 Å². The van der Waals surface area contributed by atoms with Gasteiger partial charge in [0.05, 0.1) is 4.90 Å². The molecule has 4 rings (SSSR count). The Morgan fingerprint density at radius 2 is 1.73 bits per heavy atom. The van der Waals surface area contributed by atoms with E-state index in [0.717, 1.165) is 47.0 Å². The van der Waals surface area contributed by atoms with Gasteiger partial charge in [0.1, 0.15) is 11.9 Å². The molecule has 1 amide bonds. The van der Waals surface area contributed by atoms with E-state index in [1.54, 1.807) is 0 Å². The number of halogens is 5. The number of nitrogens with zero attached hydrogens (tertiary/aromatic N) is 3. The summed E-state index contributed by atoms with van der Waals surface area (Å²) in [6.07, 6.45) is 2.69. The van der Waals surface area contributed by atoms with Gasteiger partial charge in [-0.3, -0.25) is 4.79 Å². The van der Waals surface area contributed by atoms with Crippen molar-refractivity contribution in [2.45, 2.75) is 43.2 Å². The van der Waals surface area contributed by atoms with Gasteiger partial charge in [0, 0.05) is 43.5 Å². The Hall–Kier alpha value is -3.45. The largest absolute Gasteiger partial charge is 0.351 e. The first-order valence-electron chi connectivity index (χ1n) is 11.1. The number of rotatable bonds is 7. The normalized spacial score (nSPS) is 16.6. The fourth-order valence-corrected chi connectivity index (χ4v) is 5.63. The van der Waals surface area contributed by atoms with Crippen molar-refractivity contribution in [3.63, 3.8) is 0 Å². The second-order valence-electron chi connectivity index (χ2n) is 8.56. The molecule has 0 radical (unpaired) electrons. The summed E-state index contributed by atoms with van der Waals surface area (Å²) in [6.45, 7) is 0.210. The zero-order chi connectivity index (χ0) is 27.0. The molecule has 0 unspecified atom stereocenters. The summed E-state index contributed by atoms with van der Waals surface area (Å²) < 4.78 is 95.6. The lowest BCUT2D eigenvalue weighted by molar-refractivity contribution is -0.124. The molecule has 1 atom stereocenters. The molecular formula is C24H21F5N4O3S. The molecule has 3 aromatic rings. The number of alkyl halides is 2. The summed E-state index contributed by atoms with van der Waals surface area (Å²) >= 11 is 0. The van der Waals surface area contributed by atoms with Crippen molar-refractivity contribution in [3.05, 3.63) is 77.6 Å². The Bertz CT molecular complexity index is 1410. The van der Waals surface area contributed by atoms with Crippen molar-refractivity contribution >= 4 is 15.9 Å². The first-order valence-corrected chi connectivity index (χ1v) is 12.6. The van der Waals surface area contributed by atoms with Crippen LogP contribution in [-0.4, -0.2) is 41.2 Å². The molecule has 37 heavy (non-hydrogen) atoms. The number of amides is 1. The third kappa shape index (κ3) is 5.62. The summed E-state index contributed by atoms with van der Waals surface area (Å²) in [4.78, 5) is 19.8. The highest BCUT2D eigenvalue weighted by Gasteiger charge is 2.39. The van der Waals surface area contributed by atoms with E-state index in [1.165, 1.54) is 6.07 Å². The standard InChI is InChI=1S/C24H21F5N4O3S/c1-24(28,29)23-31-12-16(13-32-23)14-9-15(21(27)19(26)10-14)11-30-22(34)20-3-2-8-33(20)37(35,36)18-6-4-17(25)5-7-18/h4-7,9-10,12-13,20H,2-3,8,11H2,1H3,(H,30,34)/t20-/m0/s1. The Morgan fingerprint density at radius 1 is 1.08 bits per heavy atom. The van der Waals surface area contributed by atoms with Gasteiger partial charge < -0.3 is 5.32 Å². The summed E-state index contributed by atoms with van der Waals surface area (Å²) in [5.41, 5.74) is -0.0125. The lowest BCUT2D eigenvalue weighted by Gasteiger charge is -2.23. The Morgan fingerprint density at radius 3 is 2.35 bits per heavy atom. The zero-order valence-electron chi connectivity index (χ0n) is 19.4. The van der Waals surface area contributed by atoms with Crippen molar-refractivity contribution in [3.8, 4) is 11.1 Å². The third-order valence-electron chi connectivity index (χ3n) is 5.86. The first kappa shape index (κ1) is 26.6. The quantitative estimate of drug-likeness (QED) is 0.455. The van der Waals surface area contributed by atoms with Gasteiger partial charge in [0.15, 0.2) is 17.5 Å². The van der Waals surface area contributed by atoms with E-state index in [4.69, 9.17) is 0 Å². The van der Waals surface area contributed by atoms with Gasteiger partial charge in [-0.2, -0.15) is 13.1 Å². The van der Waals surface area contributed by atoms with E-state index in [9.17, 15) is 35.2 Å². The maximum Gasteiger partial charge on any atom is 0.303 e. The van der Waals surface area contributed by atoms with Crippen LogP contribution in [0.15, 0.2) is 53.7 Å². The molecule has 1 saturated heterocycles. The SMILES string of the molecule is CC(F)(F)c1ncc(-c2cc(F)c(F)c(CNC(=O)[C@@H]3CCCN3S(=O)(=O)c3ccc(F)cc3)c2)cn1. The maximum atomic E-state index is 14.5. The number of nitrogens with one attached hydrogen (secondary N) is 1. The van der Waals surface area contributed by atoms with Crippen molar-refractivity contribution < 1.29 is 35.2 Å². The predicted octanol–water partition coefficient (Wildman–Crippen LogP) is 4.14. The number of sulfonamides is 1. The van der Waals surface area contributed by atoms with Gasteiger partial charge in [-0.05, 0) is 54.8 Å². The van der Waals surface area contributed by atoms with E-state index in [2.05, 4.69) is 15.3 Å². The van der Waals surface area contributed by atoms with Gasteiger partial charge in [-0.25, -0.2) is 31.6 Å². The number of hydrogen-bond donors (Lipinski definition) is 1. The average molecular weight is 541 g/mol. The van der Waals surface area contributed by atoms with Crippen molar-refractivity contribution in [2.24, 2.45) is 0 Å². The molecular weight excluding hydrogens is 519 g/mol. The number of carbonyl (C=O) groups excluding carboxylic acids is 1. The molecule has 7 nitrogen and oxygen atoms in total. The Labute approximate surface area is 209 Å². The number of aromatic nitrogens is 2. The minimum atomic E-state index is -4.10. The molecule has 1 N–H and O–H groups in total. The van der Waals surface area contributed by atoms with Gasteiger partial charge in [-0.15, -0.1) is 0 Å². The Kier molecular flexibility index (Phi) is 7.29. The van der Waals surface area contributed by atoms with Crippen molar-refractivity contribution in [1.29, 1.82) is 0 Å². The fraction of sp³-hybridized carbons (Fsp3) is 0.292. The second kappa shape index (κ2) is 10.1. The summed E-state index contributed by atoms with van der Waals surface area (Å²) in [5, 5.41) is 2.44. The zero-order valence-corrected chi connectivity index (χ0v) is 20.2. The van der Waals surface area contributed by atoms with Crippen LogP contribution in [0, 0.1) is 17.5 Å². The van der Waals surface area contributed by atoms with Crippen LogP contribution in [0.5, 0.6) is 0 Å². The molecule has 1 fully saturated rings. The van der Waals surface area contributed by atoms with Gasteiger partial charge >= 0.3 is 5.92 Å². The summed E-state index contributed by atoms with van der Waals surface area (Å²) in [5.74, 6) is -7.82. The molecule has 1 aromatic heterocycles. The molecule has 196 valence electrons. The summed E-state index contributed by atoms with van der Waals surface area (Å²) in [6, 6.07) is 5.14. The second-order valence-corrected chi connectivity index (χ2v) is 10.5. The number of carbonyl (C=O) groups is 1. The van der Waals surface area contributed by atoms with Crippen LogP contribution in [0.25, 0.3) is 11.1 Å². The third-order valence-corrected chi connectivity index (χ3v) is 7.78. The Balaban J connectivity index is 1.51. The lowest BCUT2D eigenvalue weighted by atomic mass is 10.0. The molecule has 1 aliphatic rings. The van der Waals surface area contributed by atoms with E-state index >= 15 is 0 Å². The minimum absolute atomic E-state index is 0.0586.